The van der Waals surface area contributed by atoms with Gasteiger partial charge in [0.15, 0.2) is 0 Å². The maximum absolute atomic E-state index is 12.3. The van der Waals surface area contributed by atoms with E-state index in [1.54, 1.807) is 18.2 Å². The van der Waals surface area contributed by atoms with Crippen molar-refractivity contribution in [3.05, 3.63) is 28.8 Å². The molecule has 1 amide bonds. The van der Waals surface area contributed by atoms with Gasteiger partial charge in [0.2, 0.25) is 0 Å². The Morgan fingerprint density at radius 3 is 2.81 bits per heavy atom. The Labute approximate surface area is 128 Å². The number of amides is 1. The number of benzene rings is 1. The highest BCUT2D eigenvalue weighted by atomic mass is 35.5. The van der Waals surface area contributed by atoms with Crippen molar-refractivity contribution in [2.24, 2.45) is 5.92 Å². The fraction of sp³-hybridized carbons (Fsp3) is 0.467. The molecule has 2 atom stereocenters. The van der Waals surface area contributed by atoms with E-state index in [1.807, 2.05) is 0 Å². The van der Waals surface area contributed by atoms with Crippen LogP contribution in [0.2, 0.25) is 5.02 Å². The molecule has 5 nitrogen and oxygen atoms in total. The predicted molar refractivity (Wildman–Crippen MR) is 78.9 cm³/mol. The number of carbonyl (C=O) groups excluding carboxylic acids is 1. The number of rotatable bonds is 4. The van der Waals surface area contributed by atoms with E-state index in [0.29, 0.717) is 29.2 Å². The van der Waals surface area contributed by atoms with Crippen molar-refractivity contribution in [1.82, 2.24) is 5.32 Å². The van der Waals surface area contributed by atoms with E-state index in [0.717, 1.165) is 12.8 Å². The molecule has 21 heavy (non-hydrogen) atoms. The number of ether oxygens (including phenoxy) is 1. The van der Waals surface area contributed by atoms with Gasteiger partial charge in [0.1, 0.15) is 5.75 Å². The fourth-order valence-corrected chi connectivity index (χ4v) is 2.82. The molecule has 1 saturated carbocycles. The van der Waals surface area contributed by atoms with Gasteiger partial charge in [-0.1, -0.05) is 18.0 Å². The summed E-state index contributed by atoms with van der Waals surface area (Å²) in [5.74, 6) is -1.03. The van der Waals surface area contributed by atoms with Crippen molar-refractivity contribution in [2.75, 3.05) is 7.11 Å². The van der Waals surface area contributed by atoms with Gasteiger partial charge in [0.05, 0.1) is 18.6 Å². The molecule has 2 rings (SSSR count). The van der Waals surface area contributed by atoms with Gasteiger partial charge >= 0.3 is 5.97 Å². The Bertz CT molecular complexity index is 546. The van der Waals surface area contributed by atoms with Gasteiger partial charge in [-0.25, -0.2) is 0 Å². The highest BCUT2D eigenvalue weighted by Crippen LogP contribution is 2.26. The number of methoxy groups -OCH3 is 1. The first-order valence-corrected chi connectivity index (χ1v) is 7.26. The molecule has 1 aliphatic carbocycles. The van der Waals surface area contributed by atoms with Crippen LogP contribution in [0.25, 0.3) is 0 Å². The van der Waals surface area contributed by atoms with Gasteiger partial charge in [-0.05, 0) is 37.5 Å². The summed E-state index contributed by atoms with van der Waals surface area (Å²) >= 11 is 5.87. The summed E-state index contributed by atoms with van der Waals surface area (Å²) in [5, 5.41) is 12.5. The summed E-state index contributed by atoms with van der Waals surface area (Å²) in [5.41, 5.74) is 0.402. The lowest BCUT2D eigenvalue weighted by Gasteiger charge is -2.27. The van der Waals surface area contributed by atoms with Crippen molar-refractivity contribution >= 4 is 23.5 Å². The van der Waals surface area contributed by atoms with Gasteiger partial charge in [-0.2, -0.15) is 0 Å². The van der Waals surface area contributed by atoms with E-state index in [2.05, 4.69) is 5.32 Å². The molecule has 2 N–H and O–H groups in total. The van der Waals surface area contributed by atoms with Gasteiger partial charge < -0.3 is 15.2 Å². The molecule has 0 radical (unpaired) electrons. The Hall–Kier alpha value is -1.75. The van der Waals surface area contributed by atoms with Crippen LogP contribution in [-0.2, 0) is 4.79 Å². The van der Waals surface area contributed by atoms with Crippen LogP contribution in [0.5, 0.6) is 5.75 Å². The maximum atomic E-state index is 12.3. The van der Waals surface area contributed by atoms with Crippen LogP contribution < -0.4 is 10.1 Å². The normalized spacial score (nSPS) is 21.6. The van der Waals surface area contributed by atoms with Gasteiger partial charge in [-0.15, -0.1) is 0 Å². The molecular formula is C15H18ClNO4. The molecule has 1 aromatic rings. The third-order valence-electron chi connectivity index (χ3n) is 3.77. The zero-order valence-corrected chi connectivity index (χ0v) is 12.5. The van der Waals surface area contributed by atoms with Gasteiger partial charge in [0.25, 0.3) is 5.91 Å². The summed E-state index contributed by atoms with van der Waals surface area (Å²) in [6.45, 7) is 0. The summed E-state index contributed by atoms with van der Waals surface area (Å²) in [7, 11) is 1.48. The Morgan fingerprint density at radius 2 is 2.14 bits per heavy atom. The maximum Gasteiger partial charge on any atom is 0.306 e. The molecule has 1 aliphatic rings. The minimum atomic E-state index is -0.793. The highest BCUT2D eigenvalue weighted by Gasteiger charge is 2.28. The molecule has 2 unspecified atom stereocenters. The number of carbonyl (C=O) groups is 2. The minimum absolute atomic E-state index is 0.118. The van der Waals surface area contributed by atoms with Crippen molar-refractivity contribution in [1.29, 1.82) is 0 Å². The number of carboxylic acid groups (broad SMARTS) is 1. The van der Waals surface area contributed by atoms with Gasteiger partial charge in [-0.3, -0.25) is 9.59 Å². The van der Waals surface area contributed by atoms with E-state index in [-0.39, 0.29) is 17.9 Å². The molecule has 114 valence electrons. The van der Waals surface area contributed by atoms with Crippen LogP contribution in [0.4, 0.5) is 0 Å². The average Bonchev–Trinajstić information content (AvgIpc) is 2.47. The molecule has 1 fully saturated rings. The lowest BCUT2D eigenvalue weighted by Crippen LogP contribution is -2.40. The van der Waals surface area contributed by atoms with E-state index >= 15 is 0 Å². The Morgan fingerprint density at radius 1 is 1.38 bits per heavy atom. The van der Waals surface area contributed by atoms with Crippen LogP contribution in [-0.4, -0.2) is 30.1 Å². The monoisotopic (exact) mass is 311 g/mol. The molecule has 6 heteroatoms. The van der Waals surface area contributed by atoms with Crippen LogP contribution >= 0.6 is 11.6 Å². The van der Waals surface area contributed by atoms with Crippen LogP contribution in [0, 0.1) is 5.92 Å². The zero-order valence-electron chi connectivity index (χ0n) is 11.8. The number of aliphatic carboxylic acids is 1. The van der Waals surface area contributed by atoms with Crippen molar-refractivity contribution < 1.29 is 19.4 Å². The number of halogens is 1. The number of hydrogen-bond acceptors (Lipinski definition) is 3. The van der Waals surface area contributed by atoms with Crippen molar-refractivity contribution in [3.8, 4) is 5.75 Å². The summed E-state index contributed by atoms with van der Waals surface area (Å²) in [4.78, 5) is 23.3. The van der Waals surface area contributed by atoms with E-state index in [4.69, 9.17) is 21.4 Å². The minimum Gasteiger partial charge on any atom is -0.496 e. The second-order valence-electron chi connectivity index (χ2n) is 5.22. The van der Waals surface area contributed by atoms with E-state index < -0.39 is 5.97 Å². The first-order valence-electron chi connectivity index (χ1n) is 6.88. The third-order valence-corrected chi connectivity index (χ3v) is 4.00. The smallest absolute Gasteiger partial charge is 0.306 e. The van der Waals surface area contributed by atoms with E-state index in [9.17, 15) is 9.59 Å². The largest absolute Gasteiger partial charge is 0.496 e. The predicted octanol–water partition coefficient (Wildman–Crippen LogP) is 2.72. The average molecular weight is 312 g/mol. The summed E-state index contributed by atoms with van der Waals surface area (Å²) in [6, 6.07) is 4.69. The topological polar surface area (TPSA) is 75.6 Å². The summed E-state index contributed by atoms with van der Waals surface area (Å²) in [6.07, 6.45) is 2.74. The summed E-state index contributed by atoms with van der Waals surface area (Å²) < 4.78 is 5.16. The number of nitrogens with one attached hydrogen (secondary N) is 1. The van der Waals surface area contributed by atoms with Crippen LogP contribution in [0.1, 0.15) is 36.0 Å². The molecule has 0 saturated heterocycles. The molecule has 0 aromatic heterocycles. The first kappa shape index (κ1) is 15.6. The second kappa shape index (κ2) is 6.80. The SMILES string of the molecule is COc1cc(Cl)ccc1C(=O)NC1CCCC(C(=O)O)C1. The number of carboxylic acids is 1. The molecule has 1 aromatic carbocycles. The lowest BCUT2D eigenvalue weighted by atomic mass is 9.85. The highest BCUT2D eigenvalue weighted by molar-refractivity contribution is 6.30. The van der Waals surface area contributed by atoms with Crippen molar-refractivity contribution in [3.63, 3.8) is 0 Å². The standard InChI is InChI=1S/C15H18ClNO4/c1-21-13-8-10(16)5-6-12(13)14(18)17-11-4-2-3-9(7-11)15(19)20/h5-6,8-9,11H,2-4,7H2,1H3,(H,17,18)(H,19,20). The molecular weight excluding hydrogens is 294 g/mol. The lowest BCUT2D eigenvalue weighted by molar-refractivity contribution is -0.143. The van der Waals surface area contributed by atoms with Crippen LogP contribution in [0.3, 0.4) is 0 Å². The second-order valence-corrected chi connectivity index (χ2v) is 5.65. The Balaban J connectivity index is 2.06. The zero-order chi connectivity index (χ0) is 15.4. The quantitative estimate of drug-likeness (QED) is 0.896. The van der Waals surface area contributed by atoms with Crippen molar-refractivity contribution in [2.45, 2.75) is 31.7 Å². The fourth-order valence-electron chi connectivity index (χ4n) is 2.66. The van der Waals surface area contributed by atoms with Gasteiger partial charge in [0, 0.05) is 11.1 Å². The van der Waals surface area contributed by atoms with Crippen LogP contribution in [0.15, 0.2) is 18.2 Å². The van der Waals surface area contributed by atoms with E-state index in [1.165, 1.54) is 7.11 Å². The molecule has 0 bridgehead atoms. The number of hydrogen-bond donors (Lipinski definition) is 2. The Kier molecular flexibility index (Phi) is 5.07. The first-order chi connectivity index (χ1) is 10.0. The molecule has 0 spiro atoms. The molecule has 0 aliphatic heterocycles. The third kappa shape index (κ3) is 3.88. The molecule has 0 heterocycles.